The Hall–Kier alpha value is -0.170. The number of fused-ring (bicyclic) bond motifs is 1. The zero-order valence-electron chi connectivity index (χ0n) is 8.59. The second-order valence-corrected chi connectivity index (χ2v) is 3.55. The molecule has 1 aliphatic carbocycles. The van der Waals surface area contributed by atoms with Crippen molar-refractivity contribution in [2.75, 3.05) is 0 Å². The zero-order valence-corrected chi connectivity index (χ0v) is 12.2. The molecule has 0 N–H and O–H groups in total. The first kappa shape index (κ1) is 11.9. The minimum Gasteiger partial charge on any atom is -0.0721 e. The maximum Gasteiger partial charge on any atom is 0.0273 e. The van der Waals surface area contributed by atoms with Gasteiger partial charge in [-0.2, -0.15) is 0 Å². The standard InChI is InChI=1S/C13H15.Hf/c1-2-3-6-11-9-10-12-7-4-5-8-13(11)12;/h4-5,7-10H,2-3,6H2,1H3;. The normalized spacial score (nSPS) is 13.8. The molecule has 0 atom stereocenters. The van der Waals surface area contributed by atoms with Crippen LogP contribution < -0.4 is 0 Å². The fourth-order valence-corrected chi connectivity index (χ4v) is 1.80. The van der Waals surface area contributed by atoms with E-state index in [-0.39, 0.29) is 25.8 Å². The van der Waals surface area contributed by atoms with E-state index in [1.54, 1.807) is 0 Å². The molecular formula is C13H15Hf. The second kappa shape index (κ2) is 5.65. The number of hydrogen-bond donors (Lipinski definition) is 0. The molecule has 0 fully saturated rings. The summed E-state index contributed by atoms with van der Waals surface area (Å²) in [6.07, 6.45) is 8.29. The molecule has 0 heterocycles. The van der Waals surface area contributed by atoms with E-state index in [0.717, 1.165) is 0 Å². The van der Waals surface area contributed by atoms with Gasteiger partial charge in [0.1, 0.15) is 0 Å². The molecule has 0 amide bonds. The molecular weight excluding hydrogens is 335 g/mol. The number of hydrogen-bond acceptors (Lipinski definition) is 0. The summed E-state index contributed by atoms with van der Waals surface area (Å²) in [5.41, 5.74) is 2.82. The van der Waals surface area contributed by atoms with Crippen LogP contribution in [0.2, 0.25) is 0 Å². The summed E-state index contributed by atoms with van der Waals surface area (Å²) in [6.45, 7) is 2.24. The van der Waals surface area contributed by atoms with Crippen LogP contribution in [0, 0.1) is 5.92 Å². The van der Waals surface area contributed by atoms with Crippen LogP contribution in [0.5, 0.6) is 0 Å². The zero-order chi connectivity index (χ0) is 9.10. The van der Waals surface area contributed by atoms with Crippen molar-refractivity contribution in [2.24, 2.45) is 0 Å². The molecule has 0 bridgehead atoms. The van der Waals surface area contributed by atoms with E-state index < -0.39 is 0 Å². The predicted molar refractivity (Wildman–Crippen MR) is 57.3 cm³/mol. The van der Waals surface area contributed by atoms with Crippen molar-refractivity contribution in [2.45, 2.75) is 26.2 Å². The quantitative estimate of drug-likeness (QED) is 0.728. The third kappa shape index (κ3) is 2.44. The SMILES string of the molecule is CCCC[C]1C=Cc2ccccc21.[Hf]. The molecule has 0 nitrogen and oxygen atoms in total. The Morgan fingerprint density at radius 2 is 1.86 bits per heavy atom. The number of unbranched alkanes of at least 4 members (excludes halogenated alkanes) is 1. The molecule has 1 aromatic rings. The second-order valence-electron chi connectivity index (χ2n) is 3.55. The summed E-state index contributed by atoms with van der Waals surface area (Å²) in [5.74, 6) is 1.51. The van der Waals surface area contributed by atoms with Gasteiger partial charge in [-0.1, -0.05) is 56.2 Å². The van der Waals surface area contributed by atoms with Gasteiger partial charge in [0, 0.05) is 31.8 Å². The van der Waals surface area contributed by atoms with E-state index in [0.29, 0.717) is 0 Å². The van der Waals surface area contributed by atoms with E-state index in [1.165, 1.54) is 36.3 Å². The van der Waals surface area contributed by atoms with Crippen LogP contribution in [0.4, 0.5) is 0 Å². The number of allylic oxidation sites excluding steroid dienone is 1. The van der Waals surface area contributed by atoms with Gasteiger partial charge < -0.3 is 0 Å². The summed E-state index contributed by atoms with van der Waals surface area (Å²) in [7, 11) is 0. The number of rotatable bonds is 3. The van der Waals surface area contributed by atoms with E-state index in [2.05, 4.69) is 43.3 Å². The van der Waals surface area contributed by atoms with Crippen molar-refractivity contribution in [3.63, 3.8) is 0 Å². The van der Waals surface area contributed by atoms with E-state index in [9.17, 15) is 0 Å². The molecule has 0 unspecified atom stereocenters. The summed E-state index contributed by atoms with van der Waals surface area (Å²) >= 11 is 0. The molecule has 1 aliphatic rings. The minimum atomic E-state index is 0. The average molecular weight is 350 g/mol. The molecule has 1 aromatic carbocycles. The molecule has 0 aliphatic heterocycles. The first-order chi connectivity index (χ1) is 6.42. The summed E-state index contributed by atoms with van der Waals surface area (Å²) in [4.78, 5) is 0. The van der Waals surface area contributed by atoms with Gasteiger partial charge in [-0.15, -0.1) is 0 Å². The van der Waals surface area contributed by atoms with Gasteiger partial charge >= 0.3 is 0 Å². The summed E-state index contributed by atoms with van der Waals surface area (Å²) in [5, 5.41) is 0. The molecule has 0 saturated carbocycles. The van der Waals surface area contributed by atoms with Crippen molar-refractivity contribution in [1.29, 1.82) is 0 Å². The van der Waals surface area contributed by atoms with Crippen LogP contribution in [-0.4, -0.2) is 0 Å². The van der Waals surface area contributed by atoms with E-state index in [1.807, 2.05) is 0 Å². The Kier molecular flexibility index (Phi) is 4.80. The third-order valence-corrected chi connectivity index (χ3v) is 2.57. The van der Waals surface area contributed by atoms with Crippen LogP contribution in [0.15, 0.2) is 30.3 Å². The van der Waals surface area contributed by atoms with Gasteiger partial charge in [0.05, 0.1) is 0 Å². The van der Waals surface area contributed by atoms with Gasteiger partial charge in [0.15, 0.2) is 0 Å². The number of benzene rings is 1. The van der Waals surface area contributed by atoms with Gasteiger partial charge in [-0.25, -0.2) is 0 Å². The minimum absolute atomic E-state index is 0. The van der Waals surface area contributed by atoms with Crippen LogP contribution in [0.1, 0.15) is 37.3 Å². The Bertz CT molecular complexity index is 315. The molecule has 2 rings (SSSR count). The molecule has 14 heavy (non-hydrogen) atoms. The fourth-order valence-electron chi connectivity index (χ4n) is 1.80. The van der Waals surface area contributed by atoms with Gasteiger partial charge in [0.25, 0.3) is 0 Å². The van der Waals surface area contributed by atoms with Crippen LogP contribution in [0.25, 0.3) is 6.08 Å². The van der Waals surface area contributed by atoms with Crippen molar-refractivity contribution >= 4 is 6.08 Å². The van der Waals surface area contributed by atoms with Crippen molar-refractivity contribution in [3.8, 4) is 0 Å². The van der Waals surface area contributed by atoms with E-state index in [4.69, 9.17) is 0 Å². The van der Waals surface area contributed by atoms with Gasteiger partial charge in [-0.3, -0.25) is 0 Å². The van der Waals surface area contributed by atoms with Crippen molar-refractivity contribution in [3.05, 3.63) is 47.4 Å². The first-order valence-electron chi connectivity index (χ1n) is 5.05. The van der Waals surface area contributed by atoms with Crippen molar-refractivity contribution < 1.29 is 25.8 Å². The van der Waals surface area contributed by atoms with E-state index >= 15 is 0 Å². The maximum atomic E-state index is 2.26. The molecule has 0 saturated heterocycles. The van der Waals surface area contributed by atoms with Gasteiger partial charge in [-0.05, 0) is 17.5 Å². The largest absolute Gasteiger partial charge is 0.0721 e. The van der Waals surface area contributed by atoms with Gasteiger partial charge in [0.2, 0.25) is 0 Å². The Balaban J connectivity index is 0.000000980. The van der Waals surface area contributed by atoms with Crippen LogP contribution in [-0.2, 0) is 25.8 Å². The Labute approximate surface area is 105 Å². The molecule has 0 aromatic heterocycles. The maximum absolute atomic E-state index is 2.26. The molecule has 1 radical (unpaired) electrons. The molecule has 1 heteroatoms. The van der Waals surface area contributed by atoms with Crippen LogP contribution >= 0.6 is 0 Å². The molecule has 0 spiro atoms. The summed E-state index contributed by atoms with van der Waals surface area (Å²) < 4.78 is 0. The first-order valence-corrected chi connectivity index (χ1v) is 5.05. The Morgan fingerprint density at radius 1 is 1.07 bits per heavy atom. The topological polar surface area (TPSA) is 0 Å². The Morgan fingerprint density at radius 3 is 2.64 bits per heavy atom. The third-order valence-electron chi connectivity index (χ3n) is 2.57. The van der Waals surface area contributed by atoms with Crippen molar-refractivity contribution in [1.82, 2.24) is 0 Å². The van der Waals surface area contributed by atoms with Crippen LogP contribution in [0.3, 0.4) is 0 Å². The monoisotopic (exact) mass is 351 g/mol. The predicted octanol–water partition coefficient (Wildman–Crippen LogP) is 3.82. The molecule has 71 valence electrons. The fraction of sp³-hybridized carbons (Fsp3) is 0.308. The smallest absolute Gasteiger partial charge is 0.0273 e. The average Bonchev–Trinajstić information content (AvgIpc) is 2.58. The summed E-state index contributed by atoms with van der Waals surface area (Å²) in [6, 6.07) is 8.63.